The molecule has 1 fully saturated rings. The van der Waals surface area contributed by atoms with Crippen LogP contribution in [0.2, 0.25) is 0 Å². The summed E-state index contributed by atoms with van der Waals surface area (Å²) in [5.74, 6) is 0.320. The summed E-state index contributed by atoms with van der Waals surface area (Å²) in [5.41, 5.74) is 0. The van der Waals surface area contributed by atoms with Gasteiger partial charge in [0.15, 0.2) is 0 Å². The van der Waals surface area contributed by atoms with Crippen molar-refractivity contribution in [3.8, 4) is 0 Å². The van der Waals surface area contributed by atoms with Crippen LogP contribution in [0, 0.1) is 12.3 Å². The van der Waals surface area contributed by atoms with Gasteiger partial charge in [-0.25, -0.2) is 0 Å². The highest BCUT2D eigenvalue weighted by molar-refractivity contribution is 6.21. The van der Waals surface area contributed by atoms with Crippen LogP contribution in [0.15, 0.2) is 0 Å². The van der Waals surface area contributed by atoms with Crippen molar-refractivity contribution in [3.63, 3.8) is 0 Å². The average molecular weight is 148 g/mol. The topological polar surface area (TPSA) is 20.2 Å². The van der Waals surface area contributed by atoms with Gasteiger partial charge in [0.25, 0.3) is 0 Å². The standard InChI is InChI=1S/C7H12ClO/c8-7-4-2-1-3-6(7)5-9/h4,6-7,9H,1-3,5H2. The monoisotopic (exact) mass is 147 g/mol. The molecule has 1 rings (SSSR count). The third kappa shape index (κ3) is 1.84. The predicted molar refractivity (Wildman–Crippen MR) is 38.4 cm³/mol. The van der Waals surface area contributed by atoms with Crippen molar-refractivity contribution < 1.29 is 5.11 Å². The Balaban J connectivity index is 2.30. The van der Waals surface area contributed by atoms with Gasteiger partial charge in [0.2, 0.25) is 0 Å². The van der Waals surface area contributed by atoms with Crippen LogP contribution in [0.3, 0.4) is 0 Å². The molecule has 1 nitrogen and oxygen atoms in total. The number of halogens is 1. The van der Waals surface area contributed by atoms with E-state index in [4.69, 9.17) is 16.7 Å². The molecule has 0 aromatic carbocycles. The Labute approximate surface area is 61.0 Å². The van der Waals surface area contributed by atoms with Crippen molar-refractivity contribution in [3.05, 3.63) is 6.42 Å². The van der Waals surface area contributed by atoms with Gasteiger partial charge in [0.1, 0.15) is 0 Å². The molecular formula is C7H12ClO. The van der Waals surface area contributed by atoms with Crippen LogP contribution in [0.5, 0.6) is 0 Å². The molecule has 0 amide bonds. The minimum Gasteiger partial charge on any atom is -0.396 e. The van der Waals surface area contributed by atoms with E-state index in [-0.39, 0.29) is 12.0 Å². The lowest BCUT2D eigenvalue weighted by atomic mass is 9.89. The largest absolute Gasteiger partial charge is 0.396 e. The highest BCUT2D eigenvalue weighted by atomic mass is 35.5. The maximum absolute atomic E-state index is 8.76. The fourth-order valence-corrected chi connectivity index (χ4v) is 1.53. The second-order valence-electron chi connectivity index (χ2n) is 2.55. The minimum absolute atomic E-state index is 0.115. The summed E-state index contributed by atoms with van der Waals surface area (Å²) in [6, 6.07) is 0. The molecule has 0 saturated heterocycles. The highest BCUT2D eigenvalue weighted by Crippen LogP contribution is 2.26. The first-order valence-corrected chi connectivity index (χ1v) is 3.86. The Morgan fingerprint density at radius 3 is 2.89 bits per heavy atom. The van der Waals surface area contributed by atoms with Crippen molar-refractivity contribution in [1.82, 2.24) is 0 Å². The number of hydrogen-bond acceptors (Lipinski definition) is 1. The molecule has 0 aliphatic heterocycles. The number of aliphatic hydroxyl groups excluding tert-OH is 1. The Morgan fingerprint density at radius 1 is 1.67 bits per heavy atom. The Morgan fingerprint density at radius 2 is 2.44 bits per heavy atom. The van der Waals surface area contributed by atoms with Gasteiger partial charge in [-0.05, 0) is 25.2 Å². The van der Waals surface area contributed by atoms with E-state index in [1.807, 2.05) is 0 Å². The fraction of sp³-hybridized carbons (Fsp3) is 0.857. The molecule has 0 heterocycles. The molecule has 1 N–H and O–H groups in total. The summed E-state index contributed by atoms with van der Waals surface area (Å²) < 4.78 is 0. The van der Waals surface area contributed by atoms with E-state index in [0.29, 0.717) is 5.92 Å². The van der Waals surface area contributed by atoms with Gasteiger partial charge < -0.3 is 5.11 Å². The minimum atomic E-state index is 0.115. The lowest BCUT2D eigenvalue weighted by Crippen LogP contribution is -2.23. The van der Waals surface area contributed by atoms with E-state index in [1.54, 1.807) is 0 Å². The van der Waals surface area contributed by atoms with Crippen LogP contribution in [0.4, 0.5) is 0 Å². The van der Waals surface area contributed by atoms with E-state index in [0.717, 1.165) is 12.8 Å². The van der Waals surface area contributed by atoms with Crippen LogP contribution in [-0.4, -0.2) is 17.1 Å². The van der Waals surface area contributed by atoms with Gasteiger partial charge in [-0.15, -0.1) is 11.6 Å². The van der Waals surface area contributed by atoms with Gasteiger partial charge in [-0.3, -0.25) is 0 Å². The van der Waals surface area contributed by atoms with Gasteiger partial charge in [0.05, 0.1) is 0 Å². The van der Waals surface area contributed by atoms with Gasteiger partial charge in [-0.2, -0.15) is 0 Å². The second-order valence-corrected chi connectivity index (χ2v) is 3.06. The summed E-state index contributed by atoms with van der Waals surface area (Å²) in [7, 11) is 0. The van der Waals surface area contributed by atoms with Crippen LogP contribution in [0.1, 0.15) is 19.3 Å². The first-order chi connectivity index (χ1) is 4.34. The molecular weight excluding hydrogens is 136 g/mol. The molecule has 9 heavy (non-hydrogen) atoms. The number of rotatable bonds is 1. The maximum atomic E-state index is 8.76. The van der Waals surface area contributed by atoms with Crippen molar-refractivity contribution in [2.75, 3.05) is 6.61 Å². The smallest absolute Gasteiger partial charge is 0.0473 e. The van der Waals surface area contributed by atoms with Crippen molar-refractivity contribution in [1.29, 1.82) is 0 Å². The summed E-state index contributed by atoms with van der Waals surface area (Å²) in [5, 5.41) is 8.87. The molecule has 0 aromatic heterocycles. The number of alkyl halides is 1. The van der Waals surface area contributed by atoms with Crippen molar-refractivity contribution in [2.24, 2.45) is 5.92 Å². The molecule has 1 radical (unpaired) electrons. The van der Waals surface area contributed by atoms with Gasteiger partial charge in [-0.1, -0.05) is 6.42 Å². The van der Waals surface area contributed by atoms with Gasteiger partial charge in [0, 0.05) is 12.0 Å². The molecule has 1 aliphatic carbocycles. The van der Waals surface area contributed by atoms with Gasteiger partial charge >= 0.3 is 0 Å². The zero-order chi connectivity index (χ0) is 6.69. The average Bonchev–Trinajstić information content (AvgIpc) is 1.89. The molecule has 0 spiro atoms. The Hall–Kier alpha value is 0.250. The zero-order valence-electron chi connectivity index (χ0n) is 5.39. The van der Waals surface area contributed by atoms with E-state index in [2.05, 4.69) is 6.42 Å². The lowest BCUT2D eigenvalue weighted by molar-refractivity contribution is 0.207. The molecule has 2 atom stereocenters. The first kappa shape index (κ1) is 7.36. The summed E-state index contributed by atoms with van der Waals surface area (Å²) >= 11 is 5.87. The molecule has 53 valence electrons. The van der Waals surface area contributed by atoms with E-state index < -0.39 is 0 Å². The normalized spacial score (nSPS) is 36.7. The van der Waals surface area contributed by atoms with Crippen LogP contribution < -0.4 is 0 Å². The van der Waals surface area contributed by atoms with Crippen LogP contribution in [0.25, 0.3) is 0 Å². The van der Waals surface area contributed by atoms with E-state index in [9.17, 15) is 0 Å². The van der Waals surface area contributed by atoms with E-state index >= 15 is 0 Å². The van der Waals surface area contributed by atoms with Crippen molar-refractivity contribution in [2.45, 2.75) is 24.6 Å². The van der Waals surface area contributed by atoms with Crippen molar-refractivity contribution >= 4 is 11.6 Å². The van der Waals surface area contributed by atoms with E-state index in [1.165, 1.54) is 6.42 Å². The third-order valence-electron chi connectivity index (χ3n) is 1.86. The first-order valence-electron chi connectivity index (χ1n) is 3.43. The molecule has 1 aliphatic rings. The molecule has 0 aromatic rings. The van der Waals surface area contributed by atoms with Crippen LogP contribution in [-0.2, 0) is 0 Å². The summed E-state index contributed by atoms with van der Waals surface area (Å²) in [4.78, 5) is 0. The quantitative estimate of drug-likeness (QED) is 0.559. The molecule has 2 heteroatoms. The number of aliphatic hydroxyl groups is 1. The SMILES string of the molecule is OCC1CCC[CH]C1Cl. The third-order valence-corrected chi connectivity index (χ3v) is 2.39. The Bertz CT molecular complexity index is 85.0. The number of hydrogen-bond donors (Lipinski definition) is 1. The summed E-state index contributed by atoms with van der Waals surface area (Å²) in [6.45, 7) is 0.241. The lowest BCUT2D eigenvalue weighted by Gasteiger charge is -2.24. The van der Waals surface area contributed by atoms with Crippen LogP contribution >= 0.6 is 11.6 Å². The molecule has 2 unspecified atom stereocenters. The maximum Gasteiger partial charge on any atom is 0.0473 e. The zero-order valence-corrected chi connectivity index (χ0v) is 6.14. The second kappa shape index (κ2) is 3.43. The summed E-state index contributed by atoms with van der Waals surface area (Å²) in [6.07, 6.45) is 5.48. The molecule has 1 saturated carbocycles. The fourth-order valence-electron chi connectivity index (χ4n) is 1.20. The highest BCUT2D eigenvalue weighted by Gasteiger charge is 2.21. The Kier molecular flexibility index (Phi) is 2.80. The predicted octanol–water partition coefficient (Wildman–Crippen LogP) is 1.59. The molecule has 0 bridgehead atoms.